The van der Waals surface area contributed by atoms with Gasteiger partial charge in [0.25, 0.3) is 0 Å². The zero-order chi connectivity index (χ0) is 14.4. The number of fused-ring (bicyclic) bond motifs is 1. The van der Waals surface area contributed by atoms with Gasteiger partial charge in [-0.15, -0.1) is 11.3 Å². The summed E-state index contributed by atoms with van der Waals surface area (Å²) in [5, 5.41) is 20.8. The molecule has 1 saturated heterocycles. The molecule has 1 amide bonds. The molecule has 20 heavy (non-hydrogen) atoms. The Labute approximate surface area is 123 Å². The quantitative estimate of drug-likeness (QED) is 0.810. The van der Waals surface area contributed by atoms with Crippen LogP contribution < -0.4 is 0 Å². The Morgan fingerprint density at radius 2 is 2.40 bits per heavy atom. The zero-order valence-electron chi connectivity index (χ0n) is 10.5. The van der Waals surface area contributed by atoms with Crippen molar-refractivity contribution < 1.29 is 19.8 Å². The number of aliphatic hydroxyl groups is 1. The highest BCUT2D eigenvalue weighted by Gasteiger charge is 2.56. The number of carbonyl (C=O) groups excluding carboxylic acids is 1. The van der Waals surface area contributed by atoms with Crippen molar-refractivity contribution in [3.05, 3.63) is 22.2 Å². The summed E-state index contributed by atoms with van der Waals surface area (Å²) in [6.07, 6.45) is 1.36. The number of rotatable bonds is 4. The molecule has 0 bridgehead atoms. The zero-order valence-corrected chi connectivity index (χ0v) is 12.1. The molecule has 0 aromatic carbocycles. The first kappa shape index (κ1) is 13.6. The van der Waals surface area contributed by atoms with Gasteiger partial charge in [0.05, 0.1) is 18.1 Å². The Balaban J connectivity index is 1.89. The monoisotopic (exact) mass is 312 g/mol. The number of thiazole rings is 1. The van der Waals surface area contributed by atoms with Crippen LogP contribution in [-0.4, -0.2) is 44.1 Å². The van der Waals surface area contributed by atoms with Gasteiger partial charge in [-0.05, 0) is 6.92 Å². The van der Waals surface area contributed by atoms with Gasteiger partial charge in [-0.1, -0.05) is 11.8 Å². The molecule has 3 atom stereocenters. The van der Waals surface area contributed by atoms with Gasteiger partial charge in [0, 0.05) is 22.9 Å². The van der Waals surface area contributed by atoms with Gasteiger partial charge in [-0.2, -0.15) is 0 Å². The van der Waals surface area contributed by atoms with Crippen LogP contribution in [-0.2, 0) is 9.59 Å². The van der Waals surface area contributed by atoms with E-state index in [0.29, 0.717) is 11.3 Å². The number of amides is 1. The Kier molecular flexibility index (Phi) is 3.31. The van der Waals surface area contributed by atoms with Crippen LogP contribution in [0, 0.1) is 5.92 Å². The normalized spacial score (nSPS) is 26.5. The van der Waals surface area contributed by atoms with Crippen molar-refractivity contribution in [3.63, 3.8) is 0 Å². The van der Waals surface area contributed by atoms with Gasteiger partial charge >= 0.3 is 5.97 Å². The van der Waals surface area contributed by atoms with E-state index in [-0.39, 0.29) is 17.6 Å². The van der Waals surface area contributed by atoms with E-state index in [2.05, 4.69) is 4.98 Å². The standard InChI is InChI=1S/C12H12N2O4S2/c1-5(15)8-6-4-7(20-12-13-2-3-19-12)9(11(17)18)14(6)10(8)16/h2-3,5-6,8,15H,4H2,1H3,(H,17,18)/t5-,6-,8-/m1/s1. The smallest absolute Gasteiger partial charge is 0.353 e. The Morgan fingerprint density at radius 1 is 1.65 bits per heavy atom. The van der Waals surface area contributed by atoms with Crippen LogP contribution >= 0.6 is 23.1 Å². The van der Waals surface area contributed by atoms with E-state index in [4.69, 9.17) is 0 Å². The fourth-order valence-corrected chi connectivity index (χ4v) is 4.57. The van der Waals surface area contributed by atoms with Gasteiger partial charge in [-0.25, -0.2) is 9.78 Å². The summed E-state index contributed by atoms with van der Waals surface area (Å²) in [5.41, 5.74) is 0.0390. The predicted molar refractivity (Wildman–Crippen MR) is 73.1 cm³/mol. The second-order valence-corrected chi connectivity index (χ2v) is 6.96. The summed E-state index contributed by atoms with van der Waals surface area (Å²) in [7, 11) is 0. The SMILES string of the molecule is C[C@@H](O)[C@H]1C(=O)N2C(C(=O)O)=C(Sc3nccs3)C[C@H]12. The number of thioether (sulfide) groups is 1. The number of aliphatic carboxylic acids is 1. The fraction of sp³-hybridized carbons (Fsp3) is 0.417. The van der Waals surface area contributed by atoms with E-state index in [0.717, 1.165) is 4.34 Å². The number of aliphatic hydroxyl groups excluding tert-OH is 1. The van der Waals surface area contributed by atoms with Gasteiger partial charge < -0.3 is 15.1 Å². The van der Waals surface area contributed by atoms with E-state index in [1.54, 1.807) is 13.1 Å². The number of β-lactam (4-membered cyclic amide) rings is 1. The molecule has 0 saturated carbocycles. The fourth-order valence-electron chi connectivity index (χ4n) is 2.69. The highest BCUT2D eigenvalue weighted by atomic mass is 32.2. The largest absolute Gasteiger partial charge is 0.477 e. The summed E-state index contributed by atoms with van der Waals surface area (Å²) in [5.74, 6) is -1.92. The summed E-state index contributed by atoms with van der Waals surface area (Å²) in [4.78, 5) is 29.5. The summed E-state index contributed by atoms with van der Waals surface area (Å²) in [6, 6.07) is -0.240. The maximum absolute atomic E-state index is 12.0. The maximum atomic E-state index is 12.0. The average Bonchev–Trinajstić information content (AvgIpc) is 2.95. The van der Waals surface area contributed by atoms with Crippen molar-refractivity contribution in [3.8, 4) is 0 Å². The number of hydrogen-bond acceptors (Lipinski definition) is 6. The first-order valence-electron chi connectivity index (χ1n) is 6.05. The second kappa shape index (κ2) is 4.87. The van der Waals surface area contributed by atoms with Crippen molar-refractivity contribution in [1.29, 1.82) is 0 Å². The van der Waals surface area contributed by atoms with Crippen LogP contribution in [0.5, 0.6) is 0 Å². The minimum atomic E-state index is -1.11. The summed E-state index contributed by atoms with van der Waals surface area (Å²) >= 11 is 2.71. The van der Waals surface area contributed by atoms with Gasteiger partial charge in [-0.3, -0.25) is 4.79 Å². The van der Waals surface area contributed by atoms with Crippen molar-refractivity contribution in [2.45, 2.75) is 29.8 Å². The average molecular weight is 312 g/mol. The lowest BCUT2D eigenvalue weighted by Crippen LogP contribution is -2.61. The molecule has 0 unspecified atom stereocenters. The summed E-state index contributed by atoms with van der Waals surface area (Å²) < 4.78 is 0.752. The van der Waals surface area contributed by atoms with Crippen LogP contribution in [0.1, 0.15) is 13.3 Å². The number of carboxylic acids is 1. The number of nitrogens with zero attached hydrogens (tertiary/aromatic N) is 2. The number of hydrogen-bond donors (Lipinski definition) is 2. The Morgan fingerprint density at radius 3 is 2.95 bits per heavy atom. The topological polar surface area (TPSA) is 90.7 Å². The number of carboxylic acid groups (broad SMARTS) is 1. The third kappa shape index (κ3) is 1.95. The van der Waals surface area contributed by atoms with E-state index >= 15 is 0 Å². The minimum absolute atomic E-state index is 0.0390. The Bertz CT molecular complexity index is 597. The predicted octanol–water partition coefficient (Wildman–Crippen LogP) is 1.14. The molecule has 6 nitrogen and oxygen atoms in total. The lowest BCUT2D eigenvalue weighted by molar-refractivity contribution is -0.161. The van der Waals surface area contributed by atoms with Crippen LogP contribution in [0.25, 0.3) is 0 Å². The molecule has 3 rings (SSSR count). The van der Waals surface area contributed by atoms with Gasteiger partial charge in [0.1, 0.15) is 5.70 Å². The van der Waals surface area contributed by atoms with Crippen LogP contribution in [0.15, 0.2) is 26.5 Å². The van der Waals surface area contributed by atoms with Crippen LogP contribution in [0.3, 0.4) is 0 Å². The van der Waals surface area contributed by atoms with Crippen LogP contribution in [0.4, 0.5) is 0 Å². The highest BCUT2D eigenvalue weighted by Crippen LogP contribution is 2.48. The second-order valence-electron chi connectivity index (χ2n) is 4.72. The number of aromatic nitrogens is 1. The molecule has 1 aromatic heterocycles. The van der Waals surface area contributed by atoms with Crippen molar-refractivity contribution in [1.82, 2.24) is 9.88 Å². The van der Waals surface area contributed by atoms with Crippen LogP contribution in [0.2, 0.25) is 0 Å². The van der Waals surface area contributed by atoms with Crippen molar-refractivity contribution in [2.24, 2.45) is 5.92 Å². The summed E-state index contributed by atoms with van der Waals surface area (Å²) in [6.45, 7) is 1.56. The molecular weight excluding hydrogens is 300 g/mol. The number of carbonyl (C=O) groups is 2. The lowest BCUT2D eigenvalue weighted by atomic mass is 9.83. The minimum Gasteiger partial charge on any atom is -0.477 e. The molecule has 1 aromatic rings. The van der Waals surface area contributed by atoms with E-state index < -0.39 is 18.0 Å². The molecule has 0 spiro atoms. The van der Waals surface area contributed by atoms with Gasteiger partial charge in [0.15, 0.2) is 4.34 Å². The molecule has 106 valence electrons. The molecule has 2 N–H and O–H groups in total. The third-order valence-corrected chi connectivity index (χ3v) is 5.50. The molecule has 0 aliphatic carbocycles. The Hall–Kier alpha value is -1.38. The molecule has 0 radical (unpaired) electrons. The van der Waals surface area contributed by atoms with Gasteiger partial charge in [0.2, 0.25) is 5.91 Å². The highest BCUT2D eigenvalue weighted by molar-refractivity contribution is 8.04. The third-order valence-electron chi connectivity index (χ3n) is 3.51. The molecule has 2 aliphatic heterocycles. The molecule has 8 heteroatoms. The van der Waals surface area contributed by atoms with E-state index in [9.17, 15) is 19.8 Å². The molecule has 3 heterocycles. The lowest BCUT2D eigenvalue weighted by Gasteiger charge is -2.44. The molecular formula is C12H12N2O4S2. The molecule has 1 fully saturated rings. The van der Waals surface area contributed by atoms with Crippen molar-refractivity contribution in [2.75, 3.05) is 0 Å². The first-order valence-corrected chi connectivity index (χ1v) is 7.75. The maximum Gasteiger partial charge on any atom is 0.353 e. The van der Waals surface area contributed by atoms with E-state index in [1.807, 2.05) is 5.38 Å². The molecule has 2 aliphatic rings. The first-order chi connectivity index (χ1) is 9.50. The van der Waals surface area contributed by atoms with Crippen molar-refractivity contribution >= 4 is 35.0 Å². The van der Waals surface area contributed by atoms with E-state index in [1.165, 1.54) is 28.0 Å².